The van der Waals surface area contributed by atoms with Gasteiger partial charge in [-0.25, -0.2) is 9.69 Å². The lowest BCUT2D eigenvalue weighted by Crippen LogP contribution is -2.54. The Balaban J connectivity index is 1.67. The molecule has 0 spiro atoms. The first-order chi connectivity index (χ1) is 17.3. The van der Waals surface area contributed by atoms with Crippen molar-refractivity contribution in [2.24, 2.45) is 0 Å². The minimum Gasteiger partial charge on any atom is -0.487 e. The van der Waals surface area contributed by atoms with E-state index in [4.69, 9.17) is 16.3 Å². The Morgan fingerprint density at radius 3 is 2.47 bits per heavy atom. The number of urea groups is 1. The average molecular weight is 566 g/mol. The highest BCUT2D eigenvalue weighted by molar-refractivity contribution is 9.10. The second-order valence-electron chi connectivity index (χ2n) is 8.16. The summed E-state index contributed by atoms with van der Waals surface area (Å²) in [4.78, 5) is 39.2. The first-order valence-corrected chi connectivity index (χ1v) is 12.2. The summed E-state index contributed by atoms with van der Waals surface area (Å²) in [5.74, 6) is -0.852. The molecular weight excluding hydrogens is 544 g/mol. The number of amides is 4. The Kier molecular flexibility index (Phi) is 7.72. The smallest absolute Gasteiger partial charge is 0.335 e. The van der Waals surface area contributed by atoms with E-state index in [2.05, 4.69) is 27.8 Å². The average Bonchev–Trinajstić information content (AvgIpc) is 2.83. The summed E-state index contributed by atoms with van der Waals surface area (Å²) in [5, 5.41) is 2.85. The van der Waals surface area contributed by atoms with Crippen molar-refractivity contribution < 1.29 is 19.1 Å². The van der Waals surface area contributed by atoms with Gasteiger partial charge in [0, 0.05) is 10.6 Å². The van der Waals surface area contributed by atoms with E-state index in [0.29, 0.717) is 32.9 Å². The summed E-state index contributed by atoms with van der Waals surface area (Å²) in [6, 6.07) is 17.1. The number of imide groups is 2. The van der Waals surface area contributed by atoms with Gasteiger partial charge in [-0.2, -0.15) is 0 Å². The van der Waals surface area contributed by atoms with Crippen LogP contribution in [0.25, 0.3) is 6.08 Å². The third-order valence-corrected chi connectivity index (χ3v) is 6.50. The molecule has 1 aliphatic rings. The van der Waals surface area contributed by atoms with Gasteiger partial charge < -0.3 is 4.74 Å². The Labute approximate surface area is 222 Å². The lowest BCUT2D eigenvalue weighted by molar-refractivity contribution is -0.122. The highest BCUT2D eigenvalue weighted by Gasteiger charge is 2.36. The molecule has 3 aromatic rings. The summed E-state index contributed by atoms with van der Waals surface area (Å²) in [5.41, 5.74) is 3.42. The second-order valence-corrected chi connectivity index (χ2v) is 9.42. The molecule has 6 nitrogen and oxygen atoms in total. The fraction of sp³-hybridized carbons (Fsp3) is 0.107. The van der Waals surface area contributed by atoms with Crippen LogP contribution in [0.15, 0.2) is 83.4 Å². The van der Waals surface area contributed by atoms with E-state index in [9.17, 15) is 14.4 Å². The van der Waals surface area contributed by atoms with Crippen molar-refractivity contribution in [2.45, 2.75) is 20.0 Å². The number of allylic oxidation sites excluding steroid dienone is 1. The molecule has 182 valence electrons. The van der Waals surface area contributed by atoms with Gasteiger partial charge in [-0.3, -0.25) is 14.9 Å². The summed E-state index contributed by atoms with van der Waals surface area (Å²) in [6.07, 6.45) is 3.68. The normalized spacial score (nSPS) is 14.7. The van der Waals surface area contributed by atoms with Crippen molar-refractivity contribution in [3.8, 4) is 5.75 Å². The van der Waals surface area contributed by atoms with E-state index in [1.165, 1.54) is 6.08 Å². The maximum absolute atomic E-state index is 13.2. The van der Waals surface area contributed by atoms with E-state index < -0.39 is 17.8 Å². The molecule has 1 N–H and O–H groups in total. The number of halogens is 2. The Morgan fingerprint density at radius 1 is 1.06 bits per heavy atom. The maximum Gasteiger partial charge on any atom is 0.335 e. The van der Waals surface area contributed by atoms with Gasteiger partial charge in [0.2, 0.25) is 0 Å². The summed E-state index contributed by atoms with van der Waals surface area (Å²) in [7, 11) is 0. The molecule has 0 aromatic heterocycles. The maximum atomic E-state index is 13.2. The number of rotatable bonds is 7. The van der Waals surface area contributed by atoms with Crippen LogP contribution < -0.4 is 15.0 Å². The highest BCUT2D eigenvalue weighted by Crippen LogP contribution is 2.34. The second kappa shape index (κ2) is 10.9. The molecule has 0 aliphatic carbocycles. The zero-order chi connectivity index (χ0) is 25.8. The predicted molar refractivity (Wildman–Crippen MR) is 144 cm³/mol. The Morgan fingerprint density at radius 2 is 1.78 bits per heavy atom. The summed E-state index contributed by atoms with van der Waals surface area (Å²) in [6.45, 7) is 5.98. The summed E-state index contributed by atoms with van der Waals surface area (Å²) < 4.78 is 6.71. The molecule has 1 aliphatic heterocycles. The number of benzene rings is 3. The minimum atomic E-state index is -0.789. The number of hydrogen-bond donors (Lipinski definition) is 1. The number of ether oxygens (including phenoxy) is 1. The Hall–Kier alpha value is -3.68. The van der Waals surface area contributed by atoms with Crippen molar-refractivity contribution >= 4 is 57.1 Å². The van der Waals surface area contributed by atoms with Gasteiger partial charge in [0.05, 0.1) is 10.2 Å². The number of nitrogens with one attached hydrogen (secondary N) is 1. The van der Waals surface area contributed by atoms with Gasteiger partial charge >= 0.3 is 6.03 Å². The van der Waals surface area contributed by atoms with Gasteiger partial charge in [-0.15, -0.1) is 6.58 Å². The van der Waals surface area contributed by atoms with Gasteiger partial charge in [-0.1, -0.05) is 53.6 Å². The van der Waals surface area contributed by atoms with Gasteiger partial charge in [0.25, 0.3) is 11.8 Å². The van der Waals surface area contributed by atoms with Crippen LogP contribution in [0.1, 0.15) is 22.3 Å². The SMILES string of the molecule is C=CCc1cc(/C=C2\C(=O)NC(=O)N(c3ccc(C)cc3)C2=O)cc(Br)c1OCc1ccccc1Cl. The number of anilines is 1. The molecule has 4 amide bonds. The molecule has 3 aromatic carbocycles. The van der Waals surface area contributed by atoms with Crippen molar-refractivity contribution in [1.29, 1.82) is 0 Å². The predicted octanol–water partition coefficient (Wildman–Crippen LogP) is 6.38. The van der Waals surface area contributed by atoms with Crippen LogP contribution in [-0.4, -0.2) is 17.8 Å². The van der Waals surface area contributed by atoms with Crippen LogP contribution in [0.4, 0.5) is 10.5 Å². The fourth-order valence-electron chi connectivity index (χ4n) is 3.74. The van der Waals surface area contributed by atoms with Crippen molar-refractivity contribution in [3.05, 3.63) is 111 Å². The lowest BCUT2D eigenvalue weighted by Gasteiger charge is -2.26. The van der Waals surface area contributed by atoms with E-state index in [1.807, 2.05) is 31.2 Å². The number of carbonyl (C=O) groups is 3. The third kappa shape index (κ3) is 5.42. The third-order valence-electron chi connectivity index (χ3n) is 5.54. The van der Waals surface area contributed by atoms with Gasteiger partial charge in [-0.05, 0) is 76.8 Å². The van der Waals surface area contributed by atoms with Gasteiger partial charge in [0.1, 0.15) is 17.9 Å². The van der Waals surface area contributed by atoms with Crippen LogP contribution in [-0.2, 0) is 22.6 Å². The van der Waals surface area contributed by atoms with Crippen LogP contribution in [0.3, 0.4) is 0 Å². The zero-order valence-corrected chi connectivity index (χ0v) is 21.7. The first kappa shape index (κ1) is 25.4. The van der Waals surface area contributed by atoms with Gasteiger partial charge in [0.15, 0.2) is 0 Å². The molecule has 8 heteroatoms. The number of hydrogen-bond acceptors (Lipinski definition) is 4. The van der Waals surface area contributed by atoms with Crippen molar-refractivity contribution in [1.82, 2.24) is 5.32 Å². The van der Waals surface area contributed by atoms with Crippen molar-refractivity contribution in [2.75, 3.05) is 4.90 Å². The standard InChI is InChI=1S/C28H22BrClN2O4/c1-3-6-19-13-18(15-23(29)25(19)36-16-20-7-4-5-8-24(20)30)14-22-26(33)31-28(35)32(27(22)34)21-11-9-17(2)10-12-21/h3-5,7-15H,1,6,16H2,2H3,(H,31,33,35)/b22-14+. The molecule has 36 heavy (non-hydrogen) atoms. The number of aryl methyl sites for hydroxylation is 1. The van der Waals surface area contributed by atoms with E-state index in [1.54, 1.807) is 42.5 Å². The quantitative estimate of drug-likeness (QED) is 0.205. The fourth-order valence-corrected chi connectivity index (χ4v) is 4.57. The van der Waals surface area contributed by atoms with Crippen LogP contribution in [0, 0.1) is 6.92 Å². The Bertz CT molecular complexity index is 1400. The highest BCUT2D eigenvalue weighted by atomic mass is 79.9. The topological polar surface area (TPSA) is 75.7 Å². The van der Waals surface area contributed by atoms with E-state index in [0.717, 1.165) is 21.6 Å². The first-order valence-electron chi connectivity index (χ1n) is 11.1. The van der Waals surface area contributed by atoms with Crippen LogP contribution in [0.5, 0.6) is 5.75 Å². The van der Waals surface area contributed by atoms with Crippen molar-refractivity contribution in [3.63, 3.8) is 0 Å². The number of barbiturate groups is 1. The molecular formula is C28H22BrClN2O4. The molecule has 1 fully saturated rings. The van der Waals surface area contributed by atoms with Crippen LogP contribution in [0.2, 0.25) is 5.02 Å². The number of nitrogens with zero attached hydrogens (tertiary/aromatic N) is 1. The van der Waals surface area contributed by atoms with Crippen LogP contribution >= 0.6 is 27.5 Å². The number of carbonyl (C=O) groups excluding carboxylic acids is 3. The molecule has 0 saturated carbocycles. The lowest BCUT2D eigenvalue weighted by atomic mass is 10.0. The molecule has 1 saturated heterocycles. The zero-order valence-electron chi connectivity index (χ0n) is 19.4. The van der Waals surface area contributed by atoms with E-state index >= 15 is 0 Å². The molecule has 0 unspecified atom stereocenters. The molecule has 1 heterocycles. The molecule has 0 radical (unpaired) electrons. The molecule has 4 rings (SSSR count). The molecule has 0 bridgehead atoms. The monoisotopic (exact) mass is 564 g/mol. The summed E-state index contributed by atoms with van der Waals surface area (Å²) >= 11 is 9.80. The largest absolute Gasteiger partial charge is 0.487 e. The minimum absolute atomic E-state index is 0.156. The van der Waals surface area contributed by atoms with E-state index in [-0.39, 0.29) is 12.2 Å². The molecule has 0 atom stereocenters.